The zero-order valence-electron chi connectivity index (χ0n) is 27.4. The first-order valence-electron chi connectivity index (χ1n) is 13.8. The molecule has 0 aromatic rings. The number of rotatable bonds is 0. The van der Waals surface area contributed by atoms with Crippen molar-refractivity contribution < 1.29 is 0 Å². The summed E-state index contributed by atoms with van der Waals surface area (Å²) in [5, 5.41) is 0. The molecule has 0 nitrogen and oxygen atoms in total. The Bertz CT molecular complexity index is 2.00. The first-order chi connectivity index (χ1) is 13.8. The van der Waals surface area contributed by atoms with Crippen LogP contribution in [-0.2, 0) is 0 Å². The molecule has 0 aliphatic carbocycles. The molecular weight excluding hydrogens is 336 g/mol. The molecule has 0 aliphatic rings. The first-order valence-corrected chi connectivity index (χ1v) is 13.8. The van der Waals surface area contributed by atoms with E-state index in [9.17, 15) is 0 Å². The van der Waals surface area contributed by atoms with Gasteiger partial charge in [-0.3, -0.25) is 0 Å². The molecule has 0 saturated heterocycles. The molecule has 0 radical (unpaired) electrons. The largest absolute Gasteiger partial charge is 0.0683 e. The standard InChI is InChI=1S/2C3H8.11C2H6/c2*1-3-2;11*1-2/h2*3H2,1-2H3;11*1-2H3. The van der Waals surface area contributed by atoms with E-state index in [0.29, 0.717) is 0 Å². The summed E-state index contributed by atoms with van der Waals surface area (Å²) in [5.41, 5.74) is 0. The maximum atomic E-state index is 2.12. The topological polar surface area (TPSA) is 0 Å². The van der Waals surface area contributed by atoms with Gasteiger partial charge in [-0.1, -0.05) is 193 Å². The summed E-state index contributed by atoms with van der Waals surface area (Å²) in [6.45, 7) is 52.5. The van der Waals surface area contributed by atoms with Gasteiger partial charge in [-0.2, -0.15) is 0 Å². The van der Waals surface area contributed by atoms with Crippen molar-refractivity contribution in [2.24, 2.45) is 0 Å². The van der Waals surface area contributed by atoms with Gasteiger partial charge in [0.1, 0.15) is 0 Å². The highest BCUT2D eigenvalue weighted by Crippen LogP contribution is 1.56. The highest BCUT2D eigenvalue weighted by atomic mass is 13.4. The van der Waals surface area contributed by atoms with Gasteiger partial charge < -0.3 is 0 Å². The van der Waals surface area contributed by atoms with Crippen LogP contribution in [0.2, 0.25) is 0 Å². The highest BCUT2D eigenvalue weighted by Gasteiger charge is 1.36. The van der Waals surface area contributed by atoms with Crippen LogP contribution in [0, 0.1) is 0 Å². The summed E-state index contributed by atoms with van der Waals surface area (Å²) in [7, 11) is 0. The van der Waals surface area contributed by atoms with Crippen LogP contribution in [0.1, 0.15) is 193 Å². The van der Waals surface area contributed by atoms with Crippen molar-refractivity contribution in [2.45, 2.75) is 193 Å². The van der Waals surface area contributed by atoms with E-state index in [1.807, 2.05) is 152 Å². The molecule has 0 N–H and O–H groups in total. The van der Waals surface area contributed by atoms with Crippen molar-refractivity contribution in [2.75, 3.05) is 0 Å². The molecule has 0 fully saturated rings. The fraction of sp³-hybridized carbons (Fsp3) is 1.00. The monoisotopic (exact) mass is 419 g/mol. The quantitative estimate of drug-likeness (QED) is 0.366. The Morgan fingerprint density at radius 2 is 0.179 bits per heavy atom. The van der Waals surface area contributed by atoms with Gasteiger partial charge >= 0.3 is 0 Å². The van der Waals surface area contributed by atoms with Gasteiger partial charge in [0.2, 0.25) is 0 Å². The van der Waals surface area contributed by atoms with Crippen LogP contribution in [0.5, 0.6) is 0 Å². The lowest BCUT2D eigenvalue weighted by atomic mass is 10.6. The minimum Gasteiger partial charge on any atom is -0.0683 e. The van der Waals surface area contributed by atoms with Crippen LogP contribution in [0.15, 0.2) is 0 Å². The van der Waals surface area contributed by atoms with Crippen LogP contribution in [0.3, 0.4) is 0 Å². The van der Waals surface area contributed by atoms with E-state index in [2.05, 4.69) is 27.7 Å². The molecule has 0 spiro atoms. The summed E-state index contributed by atoms with van der Waals surface area (Å²) in [5.74, 6) is 0. The van der Waals surface area contributed by atoms with E-state index in [4.69, 9.17) is 0 Å². The molecule has 0 aliphatic heterocycles. The van der Waals surface area contributed by atoms with Gasteiger partial charge in [-0.25, -0.2) is 0 Å². The van der Waals surface area contributed by atoms with E-state index < -0.39 is 0 Å². The minimum atomic E-state index is 1.25. The average molecular weight is 419 g/mol. The molecule has 0 amide bonds. The van der Waals surface area contributed by atoms with Gasteiger partial charge in [0.05, 0.1) is 0 Å². The molecule has 0 bridgehead atoms. The smallest absolute Gasteiger partial charge is 0.0590 e. The maximum Gasteiger partial charge on any atom is -0.0590 e. The van der Waals surface area contributed by atoms with Crippen molar-refractivity contribution in [1.29, 1.82) is 0 Å². The van der Waals surface area contributed by atoms with Crippen molar-refractivity contribution in [1.82, 2.24) is 0 Å². The average Bonchev–Trinajstić information content (AvgIpc) is 2.88. The van der Waals surface area contributed by atoms with Gasteiger partial charge in [-0.15, -0.1) is 0 Å². The van der Waals surface area contributed by atoms with Crippen LogP contribution in [0.4, 0.5) is 0 Å². The Kier molecular flexibility index (Phi) is 14800. The summed E-state index contributed by atoms with van der Waals surface area (Å²) in [6, 6.07) is 0. The van der Waals surface area contributed by atoms with Crippen molar-refractivity contribution in [3.05, 3.63) is 0 Å². The molecule has 0 heteroatoms. The number of hydrogen-bond donors (Lipinski definition) is 0. The fourth-order valence-electron chi connectivity index (χ4n) is 0. The van der Waals surface area contributed by atoms with E-state index in [-0.39, 0.29) is 0 Å². The van der Waals surface area contributed by atoms with Gasteiger partial charge in [-0.05, 0) is 0 Å². The normalized spacial score (nSPS) is 3.64. The Labute approximate surface area is 193 Å². The summed E-state index contributed by atoms with van der Waals surface area (Å²) in [4.78, 5) is 0. The molecular formula is C28H82. The predicted molar refractivity (Wildman–Crippen MR) is 157 cm³/mol. The third kappa shape index (κ3) is 0. The first kappa shape index (κ1) is 90.7. The zero-order chi connectivity index (χ0) is 27.4. The van der Waals surface area contributed by atoms with E-state index >= 15 is 0 Å². The summed E-state index contributed by atoms with van der Waals surface area (Å²) >= 11 is 0. The molecule has 0 aromatic heterocycles. The fourth-order valence-corrected chi connectivity index (χ4v) is 0. The highest BCUT2D eigenvalue weighted by molar-refractivity contribution is 3.92. The maximum absolute atomic E-state index is 2.12. The summed E-state index contributed by atoms with van der Waals surface area (Å²) in [6.07, 6.45) is 2.50. The van der Waals surface area contributed by atoms with Gasteiger partial charge in [0.15, 0.2) is 0 Å². The van der Waals surface area contributed by atoms with Crippen LogP contribution >= 0.6 is 0 Å². The minimum absolute atomic E-state index is 1.25. The van der Waals surface area contributed by atoms with Crippen molar-refractivity contribution in [3.8, 4) is 0 Å². The molecule has 0 rings (SSSR count). The molecule has 0 atom stereocenters. The van der Waals surface area contributed by atoms with Crippen LogP contribution < -0.4 is 0 Å². The van der Waals surface area contributed by atoms with E-state index in [1.54, 1.807) is 0 Å². The lowest BCUT2D eigenvalue weighted by molar-refractivity contribution is 1.09. The van der Waals surface area contributed by atoms with Crippen LogP contribution in [0.25, 0.3) is 0 Å². The third-order valence-corrected chi connectivity index (χ3v) is 0. The van der Waals surface area contributed by atoms with E-state index in [1.165, 1.54) is 12.8 Å². The van der Waals surface area contributed by atoms with E-state index in [0.717, 1.165) is 0 Å². The number of hydrogen-bond acceptors (Lipinski definition) is 0. The molecule has 28 heavy (non-hydrogen) atoms. The molecule has 0 aromatic carbocycles. The second-order valence-corrected chi connectivity index (χ2v) is 1.41. The summed E-state index contributed by atoms with van der Waals surface area (Å²) < 4.78 is 0. The van der Waals surface area contributed by atoms with Gasteiger partial charge in [0, 0.05) is 0 Å². The van der Waals surface area contributed by atoms with Crippen molar-refractivity contribution in [3.63, 3.8) is 0 Å². The Morgan fingerprint density at radius 3 is 0.179 bits per heavy atom. The SMILES string of the molecule is CC.CC.CC.CC.CC.CC.CC.CC.CC.CC.CC.CCC.CCC. The van der Waals surface area contributed by atoms with Gasteiger partial charge in [0.25, 0.3) is 0 Å². The second-order valence-electron chi connectivity index (χ2n) is 1.41. The Hall–Kier alpha value is 0. The molecule has 0 saturated carbocycles. The second kappa shape index (κ2) is 4560. The zero-order valence-corrected chi connectivity index (χ0v) is 27.4. The molecule has 0 heterocycles. The lowest BCUT2D eigenvalue weighted by Gasteiger charge is -1.48. The molecule has 194 valence electrons. The predicted octanol–water partition coefficient (Wildman–Crippen LogP) is 14.1. The molecule has 0 unspecified atom stereocenters. The third-order valence-electron chi connectivity index (χ3n) is 0. The van der Waals surface area contributed by atoms with Crippen LogP contribution in [-0.4, -0.2) is 0 Å². The Balaban J connectivity index is -0.00000000795. The van der Waals surface area contributed by atoms with Crippen molar-refractivity contribution >= 4 is 0 Å². The lowest BCUT2D eigenvalue weighted by Crippen LogP contribution is -1.27. The Morgan fingerprint density at radius 1 is 0.179 bits per heavy atom.